The van der Waals surface area contributed by atoms with Gasteiger partial charge in [0.2, 0.25) is 0 Å². The molecule has 0 aliphatic heterocycles. The van der Waals surface area contributed by atoms with Gasteiger partial charge in [-0.1, -0.05) is 38.1 Å². The third-order valence-corrected chi connectivity index (χ3v) is 5.11. The van der Waals surface area contributed by atoms with Gasteiger partial charge in [0.15, 0.2) is 4.67 Å². The van der Waals surface area contributed by atoms with Crippen LogP contribution in [0.4, 0.5) is 0 Å². The summed E-state index contributed by atoms with van der Waals surface area (Å²) in [6, 6.07) is 11.2. The first-order valence-electron chi connectivity index (χ1n) is 7.21. The summed E-state index contributed by atoms with van der Waals surface area (Å²) in [6.07, 6.45) is 1.14. The average Bonchev–Trinajstić information content (AvgIpc) is 2.75. The van der Waals surface area contributed by atoms with Crippen LogP contribution in [0.25, 0.3) is 0 Å². The van der Waals surface area contributed by atoms with Crippen LogP contribution in [0.2, 0.25) is 0 Å². The van der Waals surface area contributed by atoms with Crippen molar-refractivity contribution in [1.82, 2.24) is 5.32 Å². The van der Waals surface area contributed by atoms with Gasteiger partial charge in [-0.25, -0.2) is 0 Å². The zero-order valence-electron chi connectivity index (χ0n) is 12.6. The number of nitrogens with one attached hydrogen (secondary N) is 1. The van der Waals surface area contributed by atoms with Crippen LogP contribution in [0, 0.1) is 5.92 Å². The number of furan rings is 1. The summed E-state index contributed by atoms with van der Waals surface area (Å²) in [5.74, 6) is 1.61. The van der Waals surface area contributed by atoms with Crippen molar-refractivity contribution in [3.8, 4) is 0 Å². The third kappa shape index (κ3) is 4.97. The molecule has 4 heteroatoms. The van der Waals surface area contributed by atoms with Crippen molar-refractivity contribution in [2.75, 3.05) is 0 Å². The first-order chi connectivity index (χ1) is 9.95. The van der Waals surface area contributed by atoms with E-state index in [1.807, 2.05) is 6.07 Å². The van der Waals surface area contributed by atoms with E-state index >= 15 is 0 Å². The molecule has 0 radical (unpaired) electrons. The lowest BCUT2D eigenvalue weighted by atomic mass is 10.00. The Bertz CT molecular complexity index is 555. The molecule has 1 heterocycles. The van der Waals surface area contributed by atoms with E-state index in [2.05, 4.69) is 82.2 Å². The van der Waals surface area contributed by atoms with Gasteiger partial charge in [-0.3, -0.25) is 0 Å². The highest BCUT2D eigenvalue weighted by molar-refractivity contribution is 9.13. The highest BCUT2D eigenvalue weighted by Crippen LogP contribution is 2.27. The Labute approximate surface area is 143 Å². The second-order valence-electron chi connectivity index (χ2n) is 5.78. The van der Waals surface area contributed by atoms with E-state index in [-0.39, 0.29) is 0 Å². The lowest BCUT2D eigenvalue weighted by Gasteiger charge is -2.14. The van der Waals surface area contributed by atoms with Crippen molar-refractivity contribution >= 4 is 31.9 Å². The maximum absolute atomic E-state index is 5.57. The van der Waals surface area contributed by atoms with Gasteiger partial charge in [-0.2, -0.15) is 0 Å². The molecule has 21 heavy (non-hydrogen) atoms. The fraction of sp³-hybridized carbons (Fsp3) is 0.412. The zero-order valence-corrected chi connectivity index (χ0v) is 15.8. The molecule has 0 fully saturated rings. The summed E-state index contributed by atoms with van der Waals surface area (Å²) in [5, 5.41) is 3.48. The van der Waals surface area contributed by atoms with Gasteiger partial charge in [0.05, 0.1) is 11.0 Å². The molecule has 1 aromatic carbocycles. The van der Waals surface area contributed by atoms with Crippen LogP contribution in [0.3, 0.4) is 0 Å². The number of benzene rings is 1. The minimum Gasteiger partial charge on any atom is -0.452 e. The van der Waals surface area contributed by atoms with Gasteiger partial charge >= 0.3 is 0 Å². The maximum atomic E-state index is 5.57. The minimum absolute atomic E-state index is 0.292. The molecule has 1 unspecified atom stereocenters. The van der Waals surface area contributed by atoms with Crippen molar-refractivity contribution in [1.29, 1.82) is 0 Å². The lowest BCUT2D eigenvalue weighted by Crippen LogP contribution is -2.17. The van der Waals surface area contributed by atoms with Crippen molar-refractivity contribution < 1.29 is 4.42 Å². The smallest absolute Gasteiger partial charge is 0.183 e. The zero-order chi connectivity index (χ0) is 15.4. The Kier molecular flexibility index (Phi) is 6.08. The van der Waals surface area contributed by atoms with Crippen molar-refractivity contribution in [2.45, 2.75) is 39.8 Å². The van der Waals surface area contributed by atoms with E-state index in [9.17, 15) is 0 Å². The monoisotopic (exact) mass is 413 g/mol. The van der Waals surface area contributed by atoms with E-state index in [1.165, 1.54) is 11.1 Å². The Balaban J connectivity index is 1.92. The normalized spacial score (nSPS) is 12.9. The third-order valence-electron chi connectivity index (χ3n) is 3.40. The molecule has 0 amide bonds. The fourth-order valence-corrected chi connectivity index (χ4v) is 2.92. The molecule has 1 atom stereocenters. The predicted octanol–water partition coefficient (Wildman–Crippen LogP) is 5.85. The van der Waals surface area contributed by atoms with Gasteiger partial charge < -0.3 is 9.73 Å². The summed E-state index contributed by atoms with van der Waals surface area (Å²) in [4.78, 5) is 0. The molecule has 1 N–H and O–H groups in total. The van der Waals surface area contributed by atoms with Crippen molar-refractivity contribution in [3.63, 3.8) is 0 Å². The highest BCUT2D eigenvalue weighted by atomic mass is 79.9. The van der Waals surface area contributed by atoms with E-state index in [1.54, 1.807) is 0 Å². The second-order valence-corrected chi connectivity index (χ2v) is 7.35. The lowest BCUT2D eigenvalue weighted by molar-refractivity contribution is 0.446. The molecule has 0 saturated carbocycles. The summed E-state index contributed by atoms with van der Waals surface area (Å²) < 4.78 is 7.26. The summed E-state index contributed by atoms with van der Waals surface area (Å²) >= 11 is 6.78. The molecule has 0 aliphatic rings. The molecular weight excluding hydrogens is 394 g/mol. The maximum Gasteiger partial charge on any atom is 0.183 e. The number of hydrogen-bond acceptors (Lipinski definition) is 2. The first kappa shape index (κ1) is 16.8. The number of rotatable bonds is 6. The summed E-state index contributed by atoms with van der Waals surface area (Å²) in [7, 11) is 0. The molecule has 0 aliphatic carbocycles. The molecule has 0 saturated heterocycles. The van der Waals surface area contributed by atoms with Crippen molar-refractivity contribution in [2.24, 2.45) is 5.92 Å². The minimum atomic E-state index is 0.292. The molecule has 114 valence electrons. The highest BCUT2D eigenvalue weighted by Gasteiger charge is 2.09. The van der Waals surface area contributed by atoms with E-state index in [0.29, 0.717) is 18.5 Å². The van der Waals surface area contributed by atoms with Gasteiger partial charge in [0.1, 0.15) is 5.76 Å². The number of halogens is 2. The molecule has 0 bridgehead atoms. The Morgan fingerprint density at radius 1 is 1.10 bits per heavy atom. The Morgan fingerprint density at radius 2 is 1.76 bits per heavy atom. The average molecular weight is 415 g/mol. The van der Waals surface area contributed by atoms with E-state index in [0.717, 1.165) is 21.3 Å². The summed E-state index contributed by atoms with van der Waals surface area (Å²) in [6.45, 7) is 7.37. The second kappa shape index (κ2) is 7.61. The van der Waals surface area contributed by atoms with Crippen LogP contribution < -0.4 is 5.32 Å². The molecular formula is C17H21Br2NO. The topological polar surface area (TPSA) is 25.2 Å². The van der Waals surface area contributed by atoms with Crippen LogP contribution in [-0.4, -0.2) is 0 Å². The largest absolute Gasteiger partial charge is 0.452 e. The van der Waals surface area contributed by atoms with Crippen LogP contribution in [0.15, 0.2) is 43.9 Å². The van der Waals surface area contributed by atoms with Crippen LogP contribution in [0.5, 0.6) is 0 Å². The van der Waals surface area contributed by atoms with Gasteiger partial charge in [0.25, 0.3) is 0 Å². The SMILES string of the molecule is CC(C)Cc1ccc(C(C)NCc2cc(Br)c(Br)o2)cc1. The van der Waals surface area contributed by atoms with Gasteiger partial charge in [-0.05, 0) is 68.3 Å². The molecule has 0 spiro atoms. The van der Waals surface area contributed by atoms with Crippen LogP contribution in [-0.2, 0) is 13.0 Å². The quantitative estimate of drug-likeness (QED) is 0.640. The standard InChI is InChI=1S/C17H21Br2NO/c1-11(2)8-13-4-6-14(7-5-13)12(3)20-10-15-9-16(18)17(19)21-15/h4-7,9,11-12,20H,8,10H2,1-3H3. The molecule has 2 nitrogen and oxygen atoms in total. The van der Waals surface area contributed by atoms with E-state index in [4.69, 9.17) is 4.42 Å². The molecule has 2 rings (SSSR count). The fourth-order valence-electron chi connectivity index (χ4n) is 2.26. The predicted molar refractivity (Wildman–Crippen MR) is 94.3 cm³/mol. The summed E-state index contributed by atoms with van der Waals surface area (Å²) in [5.41, 5.74) is 2.70. The Morgan fingerprint density at radius 3 is 2.29 bits per heavy atom. The molecule has 2 aromatic rings. The van der Waals surface area contributed by atoms with Gasteiger partial charge in [-0.15, -0.1) is 0 Å². The Hall–Kier alpha value is -0.580. The van der Waals surface area contributed by atoms with Crippen LogP contribution >= 0.6 is 31.9 Å². The number of hydrogen-bond donors (Lipinski definition) is 1. The van der Waals surface area contributed by atoms with Gasteiger partial charge in [0, 0.05) is 6.04 Å². The molecule has 1 aromatic heterocycles. The first-order valence-corrected chi connectivity index (χ1v) is 8.80. The van der Waals surface area contributed by atoms with E-state index < -0.39 is 0 Å². The van der Waals surface area contributed by atoms with Crippen LogP contribution in [0.1, 0.15) is 43.7 Å². The van der Waals surface area contributed by atoms with Crippen molar-refractivity contribution in [3.05, 3.63) is 56.4 Å².